The third-order valence-electron chi connectivity index (χ3n) is 6.82. The van der Waals surface area contributed by atoms with Gasteiger partial charge < -0.3 is 35.7 Å². The molecule has 1 amide bonds. The van der Waals surface area contributed by atoms with Crippen LogP contribution in [-0.2, 0) is 11.3 Å². The van der Waals surface area contributed by atoms with Gasteiger partial charge in [0.25, 0.3) is 5.91 Å². The number of carbonyl (C=O) groups is 1. The van der Waals surface area contributed by atoms with E-state index in [1.165, 1.54) is 6.20 Å². The van der Waals surface area contributed by atoms with E-state index < -0.39 is 5.91 Å². The molecule has 0 saturated carbocycles. The highest BCUT2D eigenvalue weighted by molar-refractivity contribution is 6.08. The molecule has 1 aromatic heterocycles. The van der Waals surface area contributed by atoms with Gasteiger partial charge >= 0.3 is 0 Å². The number of aliphatic hydroxyl groups excluding tert-OH is 1. The number of hydrogen-bond acceptors (Lipinski definition) is 8. The molecule has 37 heavy (non-hydrogen) atoms. The summed E-state index contributed by atoms with van der Waals surface area (Å²) in [5.74, 6) is 0.490. The van der Waals surface area contributed by atoms with Crippen molar-refractivity contribution in [1.29, 1.82) is 0 Å². The van der Waals surface area contributed by atoms with Gasteiger partial charge in [0.2, 0.25) is 0 Å². The molecule has 0 bridgehead atoms. The molecule has 9 nitrogen and oxygen atoms in total. The largest absolute Gasteiger partial charge is 0.493 e. The molecule has 1 aliphatic heterocycles. The van der Waals surface area contributed by atoms with Gasteiger partial charge in [0.1, 0.15) is 0 Å². The van der Waals surface area contributed by atoms with E-state index in [4.69, 9.17) is 19.9 Å². The van der Waals surface area contributed by atoms with Gasteiger partial charge in [-0.1, -0.05) is 12.1 Å². The first-order valence-electron chi connectivity index (χ1n) is 12.5. The molecule has 1 aliphatic rings. The van der Waals surface area contributed by atoms with Gasteiger partial charge in [-0.25, -0.2) is 0 Å². The molecule has 4 rings (SSSR count). The molecule has 0 unspecified atom stereocenters. The lowest BCUT2D eigenvalue weighted by atomic mass is 9.98. The Morgan fingerprint density at radius 3 is 2.86 bits per heavy atom. The number of morpholine rings is 1. The highest BCUT2D eigenvalue weighted by atomic mass is 16.5. The first-order valence-corrected chi connectivity index (χ1v) is 12.5. The molecule has 0 radical (unpaired) electrons. The molecule has 198 valence electrons. The summed E-state index contributed by atoms with van der Waals surface area (Å²) in [6.07, 6.45) is 3.33. The SMILES string of the molecule is COc1cc2c(Nc3cccc(CO)c3C)c(C(N)=O)cnc2cc1OCCC[C@]1(C)CNC[C@@H](C)O1. The number of nitrogens with two attached hydrogens (primary N) is 1. The molecule has 1 saturated heterocycles. The summed E-state index contributed by atoms with van der Waals surface area (Å²) in [6.45, 7) is 8.20. The Balaban J connectivity index is 1.60. The molecule has 2 aromatic carbocycles. The summed E-state index contributed by atoms with van der Waals surface area (Å²) in [6, 6.07) is 9.19. The van der Waals surface area contributed by atoms with Crippen molar-refractivity contribution in [3.05, 3.63) is 53.2 Å². The lowest BCUT2D eigenvalue weighted by molar-refractivity contribution is -0.103. The van der Waals surface area contributed by atoms with Gasteiger partial charge in [-0.3, -0.25) is 9.78 Å². The summed E-state index contributed by atoms with van der Waals surface area (Å²) >= 11 is 0. The predicted octanol–water partition coefficient (Wildman–Crippen LogP) is 3.81. The molecule has 1 fully saturated rings. The van der Waals surface area contributed by atoms with Crippen LogP contribution in [0.4, 0.5) is 11.4 Å². The van der Waals surface area contributed by atoms with E-state index in [1.54, 1.807) is 13.2 Å². The first-order chi connectivity index (χ1) is 17.7. The first kappa shape index (κ1) is 26.7. The summed E-state index contributed by atoms with van der Waals surface area (Å²) in [5.41, 5.74) is 9.28. The van der Waals surface area contributed by atoms with E-state index >= 15 is 0 Å². The normalized spacial score (nSPS) is 19.5. The molecule has 0 aliphatic carbocycles. The van der Waals surface area contributed by atoms with Gasteiger partial charge in [0.05, 0.1) is 48.8 Å². The van der Waals surface area contributed by atoms with Crippen molar-refractivity contribution in [3.63, 3.8) is 0 Å². The number of carbonyl (C=O) groups excluding carboxylic acids is 1. The van der Waals surface area contributed by atoms with Gasteiger partial charge in [0.15, 0.2) is 11.5 Å². The van der Waals surface area contributed by atoms with Crippen LogP contribution in [0.25, 0.3) is 10.9 Å². The second-order valence-electron chi connectivity index (χ2n) is 9.77. The molecule has 5 N–H and O–H groups in total. The van der Waals surface area contributed by atoms with Crippen molar-refractivity contribution < 1.29 is 24.1 Å². The van der Waals surface area contributed by atoms with Crippen LogP contribution in [0.1, 0.15) is 48.2 Å². The number of fused-ring (bicyclic) bond motifs is 1. The number of ether oxygens (including phenoxy) is 3. The average molecular weight is 509 g/mol. The number of nitrogens with one attached hydrogen (secondary N) is 2. The summed E-state index contributed by atoms with van der Waals surface area (Å²) in [5, 5.41) is 17.1. The zero-order chi connectivity index (χ0) is 26.6. The second-order valence-corrected chi connectivity index (χ2v) is 9.77. The van der Waals surface area contributed by atoms with E-state index in [9.17, 15) is 9.90 Å². The smallest absolute Gasteiger partial charge is 0.252 e. The van der Waals surface area contributed by atoms with Crippen molar-refractivity contribution in [1.82, 2.24) is 10.3 Å². The highest BCUT2D eigenvalue weighted by Crippen LogP contribution is 2.38. The van der Waals surface area contributed by atoms with Crippen molar-refractivity contribution in [2.45, 2.75) is 51.9 Å². The Hall–Kier alpha value is -3.40. The van der Waals surface area contributed by atoms with Crippen LogP contribution in [0.5, 0.6) is 11.5 Å². The molecular weight excluding hydrogens is 472 g/mol. The van der Waals surface area contributed by atoms with E-state index in [0.29, 0.717) is 34.7 Å². The van der Waals surface area contributed by atoms with Gasteiger partial charge in [-0.05, 0) is 56.9 Å². The van der Waals surface area contributed by atoms with E-state index in [2.05, 4.69) is 29.5 Å². The summed E-state index contributed by atoms with van der Waals surface area (Å²) < 4.78 is 17.9. The van der Waals surface area contributed by atoms with E-state index in [-0.39, 0.29) is 23.9 Å². The second kappa shape index (κ2) is 11.3. The standard InChI is InChI=1S/C28H36N4O5/c1-17-13-30-16-28(3,37-17)9-6-10-36-25-12-23-20(11-24(25)35-4)26(21(14-31-23)27(29)34)32-22-8-5-7-19(15-33)18(22)2/h5,7-8,11-12,14,17,30,33H,6,9-10,13,15-16H2,1-4H3,(H2,29,34)(H,31,32)/t17-,28-/m1/s1. The van der Waals surface area contributed by atoms with Crippen LogP contribution >= 0.6 is 0 Å². The van der Waals surface area contributed by atoms with Crippen LogP contribution in [-0.4, -0.2) is 54.5 Å². The Kier molecular flexibility index (Phi) is 8.16. The number of primary amides is 1. The minimum Gasteiger partial charge on any atom is -0.493 e. The van der Waals surface area contributed by atoms with Crippen molar-refractivity contribution in [2.75, 3.05) is 32.1 Å². The minimum atomic E-state index is -0.602. The fourth-order valence-electron chi connectivity index (χ4n) is 4.80. The average Bonchev–Trinajstić information content (AvgIpc) is 2.87. The van der Waals surface area contributed by atoms with E-state index in [1.807, 2.05) is 31.2 Å². The number of aliphatic hydroxyl groups is 1. The zero-order valence-electron chi connectivity index (χ0n) is 21.9. The molecule has 9 heteroatoms. The van der Waals surface area contributed by atoms with Crippen LogP contribution in [0.3, 0.4) is 0 Å². The quantitative estimate of drug-likeness (QED) is 0.305. The number of amides is 1. The van der Waals surface area contributed by atoms with E-state index in [0.717, 1.165) is 42.7 Å². The van der Waals surface area contributed by atoms with Gasteiger partial charge in [-0.2, -0.15) is 0 Å². The lowest BCUT2D eigenvalue weighted by Gasteiger charge is -2.38. The van der Waals surface area contributed by atoms with Crippen LogP contribution in [0, 0.1) is 6.92 Å². The van der Waals surface area contributed by atoms with Crippen LogP contribution in [0.15, 0.2) is 36.5 Å². The lowest BCUT2D eigenvalue weighted by Crippen LogP contribution is -2.51. The number of pyridine rings is 1. The number of aromatic nitrogens is 1. The number of nitrogens with zero attached hydrogens (tertiary/aromatic N) is 1. The number of methoxy groups -OCH3 is 1. The summed E-state index contributed by atoms with van der Waals surface area (Å²) in [7, 11) is 1.57. The molecule has 2 atom stereocenters. The fraction of sp³-hybridized carbons (Fsp3) is 0.429. The van der Waals surface area contributed by atoms with Gasteiger partial charge in [0, 0.05) is 36.4 Å². The highest BCUT2D eigenvalue weighted by Gasteiger charge is 2.30. The Morgan fingerprint density at radius 2 is 2.16 bits per heavy atom. The maximum atomic E-state index is 12.3. The minimum absolute atomic E-state index is 0.0868. The molecule has 2 heterocycles. The molecule has 0 spiro atoms. The van der Waals surface area contributed by atoms with Crippen LogP contribution < -0.4 is 25.8 Å². The predicted molar refractivity (Wildman–Crippen MR) is 144 cm³/mol. The zero-order valence-corrected chi connectivity index (χ0v) is 21.9. The Bertz CT molecular complexity index is 1280. The summed E-state index contributed by atoms with van der Waals surface area (Å²) in [4.78, 5) is 16.7. The maximum absolute atomic E-state index is 12.3. The number of hydrogen-bond donors (Lipinski definition) is 4. The third-order valence-corrected chi connectivity index (χ3v) is 6.82. The molecule has 3 aromatic rings. The number of benzene rings is 2. The van der Waals surface area contributed by atoms with Crippen molar-refractivity contribution in [2.24, 2.45) is 5.73 Å². The topological polar surface area (TPSA) is 128 Å². The van der Waals surface area contributed by atoms with Crippen molar-refractivity contribution >= 4 is 28.2 Å². The van der Waals surface area contributed by atoms with Gasteiger partial charge in [-0.15, -0.1) is 0 Å². The Labute approximate surface area is 217 Å². The maximum Gasteiger partial charge on any atom is 0.252 e. The monoisotopic (exact) mass is 508 g/mol. The van der Waals surface area contributed by atoms with Crippen molar-refractivity contribution in [3.8, 4) is 11.5 Å². The number of rotatable bonds is 10. The third kappa shape index (κ3) is 5.95. The van der Waals surface area contributed by atoms with Crippen LogP contribution in [0.2, 0.25) is 0 Å². The fourth-order valence-corrected chi connectivity index (χ4v) is 4.80. The number of anilines is 2. The Morgan fingerprint density at radius 1 is 1.35 bits per heavy atom. The molecular formula is C28H36N4O5.